The summed E-state index contributed by atoms with van der Waals surface area (Å²) in [7, 11) is 3.91. The zero-order valence-corrected chi connectivity index (χ0v) is 15.6. The van der Waals surface area contributed by atoms with E-state index in [1.807, 2.05) is 80.8 Å². The third kappa shape index (κ3) is 3.24. The molecule has 0 aliphatic carbocycles. The topological polar surface area (TPSA) is 25.2 Å². The van der Waals surface area contributed by atoms with Crippen LogP contribution in [-0.4, -0.2) is 22.4 Å². The Morgan fingerprint density at radius 2 is 1.56 bits per heavy atom. The van der Waals surface area contributed by atoms with Gasteiger partial charge in [-0.15, -0.1) is 0 Å². The van der Waals surface area contributed by atoms with Crippen LogP contribution < -0.4 is 0 Å². The molecule has 4 aromatic rings. The van der Waals surface area contributed by atoms with Crippen molar-refractivity contribution in [3.8, 4) is 11.1 Å². The van der Waals surface area contributed by atoms with Crippen LogP contribution in [0.2, 0.25) is 0 Å². The molecule has 0 N–H and O–H groups in total. The fourth-order valence-corrected chi connectivity index (χ4v) is 3.56. The first-order chi connectivity index (χ1) is 13.1. The molecule has 1 aromatic heterocycles. The van der Waals surface area contributed by atoms with Crippen LogP contribution in [0.3, 0.4) is 0 Å². The van der Waals surface area contributed by atoms with Gasteiger partial charge in [0.1, 0.15) is 0 Å². The summed E-state index contributed by atoms with van der Waals surface area (Å²) in [5, 5.41) is 1.19. The van der Waals surface area contributed by atoms with Crippen molar-refractivity contribution in [2.75, 3.05) is 7.05 Å². The molecule has 3 aromatic carbocycles. The van der Waals surface area contributed by atoms with E-state index in [4.69, 9.17) is 0 Å². The molecule has 0 bridgehead atoms. The van der Waals surface area contributed by atoms with Crippen molar-refractivity contribution in [2.24, 2.45) is 7.05 Å². The number of aryl methyl sites for hydroxylation is 1. The molecule has 0 atom stereocenters. The molecule has 3 nitrogen and oxygen atoms in total. The fraction of sp³-hybridized carbons (Fsp3) is 0.125. The molecular formula is C24H22N2O. The Kier molecular flexibility index (Phi) is 4.51. The smallest absolute Gasteiger partial charge is 0.254 e. The van der Waals surface area contributed by atoms with E-state index in [0.29, 0.717) is 6.54 Å². The minimum Gasteiger partial charge on any atom is -0.346 e. The maximum absolute atomic E-state index is 13.2. The molecule has 0 saturated heterocycles. The highest BCUT2D eigenvalue weighted by Crippen LogP contribution is 2.25. The summed E-state index contributed by atoms with van der Waals surface area (Å²) in [4.78, 5) is 15.0. The Morgan fingerprint density at radius 1 is 0.889 bits per heavy atom. The van der Waals surface area contributed by atoms with Crippen LogP contribution in [0, 0.1) is 0 Å². The summed E-state index contributed by atoms with van der Waals surface area (Å²) >= 11 is 0. The largest absolute Gasteiger partial charge is 0.346 e. The molecule has 0 aliphatic rings. The van der Waals surface area contributed by atoms with Crippen molar-refractivity contribution in [1.82, 2.24) is 9.47 Å². The highest BCUT2D eigenvalue weighted by molar-refractivity contribution is 6.00. The van der Waals surface area contributed by atoms with Crippen LogP contribution in [0.4, 0.5) is 0 Å². The van der Waals surface area contributed by atoms with Gasteiger partial charge in [0.05, 0.1) is 6.54 Å². The minimum atomic E-state index is 0.0275. The molecule has 1 amide bonds. The number of carbonyl (C=O) groups is 1. The van der Waals surface area contributed by atoms with Gasteiger partial charge in [-0.25, -0.2) is 0 Å². The quantitative estimate of drug-likeness (QED) is 0.499. The fourth-order valence-electron chi connectivity index (χ4n) is 3.56. The highest BCUT2D eigenvalue weighted by atomic mass is 16.2. The van der Waals surface area contributed by atoms with Crippen molar-refractivity contribution in [1.29, 1.82) is 0 Å². The first kappa shape index (κ1) is 17.1. The average Bonchev–Trinajstić information content (AvgIpc) is 3.03. The van der Waals surface area contributed by atoms with Crippen molar-refractivity contribution in [3.63, 3.8) is 0 Å². The Balaban J connectivity index is 1.64. The summed E-state index contributed by atoms with van der Waals surface area (Å²) in [5.74, 6) is 0.0275. The Hall–Kier alpha value is -3.33. The van der Waals surface area contributed by atoms with Gasteiger partial charge in [0.2, 0.25) is 0 Å². The van der Waals surface area contributed by atoms with E-state index in [9.17, 15) is 4.79 Å². The molecule has 4 rings (SSSR count). The SMILES string of the molecule is CN(Cc1cc2ccccc2n1C)C(=O)c1ccccc1-c1ccccc1. The Labute approximate surface area is 159 Å². The third-order valence-corrected chi connectivity index (χ3v) is 5.04. The van der Waals surface area contributed by atoms with Crippen LogP contribution in [0.1, 0.15) is 16.1 Å². The molecule has 134 valence electrons. The monoisotopic (exact) mass is 354 g/mol. The summed E-state index contributed by atoms with van der Waals surface area (Å²) < 4.78 is 2.15. The van der Waals surface area contributed by atoms with Crippen LogP contribution in [0.25, 0.3) is 22.0 Å². The zero-order valence-electron chi connectivity index (χ0n) is 15.6. The number of benzene rings is 3. The van der Waals surface area contributed by atoms with Gasteiger partial charge in [0.15, 0.2) is 0 Å². The summed E-state index contributed by atoms with van der Waals surface area (Å²) in [6.07, 6.45) is 0. The molecule has 1 heterocycles. The number of nitrogens with zero attached hydrogens (tertiary/aromatic N) is 2. The van der Waals surface area contributed by atoms with Gasteiger partial charge < -0.3 is 9.47 Å². The summed E-state index contributed by atoms with van der Waals surface area (Å²) in [5.41, 5.74) is 5.04. The number of hydrogen-bond acceptors (Lipinski definition) is 1. The zero-order chi connectivity index (χ0) is 18.8. The number of rotatable bonds is 4. The van der Waals surface area contributed by atoms with E-state index in [-0.39, 0.29) is 5.91 Å². The molecule has 0 saturated carbocycles. The lowest BCUT2D eigenvalue weighted by molar-refractivity contribution is 0.0783. The van der Waals surface area contributed by atoms with Gasteiger partial charge in [0.25, 0.3) is 5.91 Å². The number of carbonyl (C=O) groups excluding carboxylic acids is 1. The molecule has 3 heteroatoms. The number of hydrogen-bond donors (Lipinski definition) is 0. The van der Waals surface area contributed by atoms with Crippen LogP contribution in [-0.2, 0) is 13.6 Å². The lowest BCUT2D eigenvalue weighted by Gasteiger charge is -2.20. The Morgan fingerprint density at radius 3 is 2.33 bits per heavy atom. The van der Waals surface area contributed by atoms with Gasteiger partial charge in [-0.1, -0.05) is 66.7 Å². The molecule has 0 fully saturated rings. The second-order valence-corrected chi connectivity index (χ2v) is 6.83. The van der Waals surface area contributed by atoms with E-state index in [0.717, 1.165) is 22.4 Å². The van der Waals surface area contributed by atoms with Gasteiger partial charge in [-0.3, -0.25) is 4.79 Å². The molecule has 0 aliphatic heterocycles. The first-order valence-electron chi connectivity index (χ1n) is 9.08. The predicted octanol–water partition coefficient (Wildman–Crippen LogP) is 5.12. The summed E-state index contributed by atoms with van der Waals surface area (Å²) in [6, 6.07) is 28.3. The highest BCUT2D eigenvalue weighted by Gasteiger charge is 2.18. The van der Waals surface area contributed by atoms with Gasteiger partial charge in [-0.05, 0) is 34.7 Å². The summed E-state index contributed by atoms with van der Waals surface area (Å²) in [6.45, 7) is 0.563. The van der Waals surface area contributed by atoms with Crippen LogP contribution in [0.15, 0.2) is 84.9 Å². The van der Waals surface area contributed by atoms with Crippen LogP contribution in [0.5, 0.6) is 0 Å². The Bertz CT molecular complexity index is 1100. The molecule has 0 spiro atoms. The van der Waals surface area contributed by atoms with E-state index in [1.165, 1.54) is 10.9 Å². The van der Waals surface area contributed by atoms with Crippen LogP contribution >= 0.6 is 0 Å². The van der Waals surface area contributed by atoms with E-state index < -0.39 is 0 Å². The maximum atomic E-state index is 13.2. The number of aromatic nitrogens is 1. The minimum absolute atomic E-state index is 0.0275. The maximum Gasteiger partial charge on any atom is 0.254 e. The predicted molar refractivity (Wildman–Crippen MR) is 111 cm³/mol. The number of para-hydroxylation sites is 1. The third-order valence-electron chi connectivity index (χ3n) is 5.04. The van der Waals surface area contributed by atoms with Gasteiger partial charge in [0, 0.05) is 30.9 Å². The van der Waals surface area contributed by atoms with E-state index in [1.54, 1.807) is 4.90 Å². The van der Waals surface area contributed by atoms with Crippen molar-refractivity contribution in [3.05, 3.63) is 96.2 Å². The molecule has 0 unspecified atom stereocenters. The molecule has 0 radical (unpaired) electrons. The van der Waals surface area contributed by atoms with Crippen molar-refractivity contribution < 1.29 is 4.79 Å². The molecular weight excluding hydrogens is 332 g/mol. The second kappa shape index (κ2) is 7.12. The second-order valence-electron chi connectivity index (χ2n) is 6.83. The lowest BCUT2D eigenvalue weighted by atomic mass is 9.99. The first-order valence-corrected chi connectivity index (χ1v) is 9.08. The number of fused-ring (bicyclic) bond motifs is 1. The average molecular weight is 354 g/mol. The number of amides is 1. The van der Waals surface area contributed by atoms with Crippen molar-refractivity contribution in [2.45, 2.75) is 6.54 Å². The van der Waals surface area contributed by atoms with Crippen molar-refractivity contribution >= 4 is 16.8 Å². The molecule has 27 heavy (non-hydrogen) atoms. The normalized spacial score (nSPS) is 10.9. The van der Waals surface area contributed by atoms with E-state index >= 15 is 0 Å². The lowest BCUT2D eigenvalue weighted by Crippen LogP contribution is -2.27. The standard InChI is InChI=1S/C24H22N2O/c1-25(17-20-16-19-12-6-9-15-23(19)26(20)2)24(27)22-14-8-7-13-21(22)18-10-4-3-5-11-18/h3-16H,17H2,1-2H3. The van der Waals surface area contributed by atoms with E-state index in [2.05, 4.69) is 22.8 Å². The van der Waals surface area contributed by atoms with Gasteiger partial charge in [-0.2, -0.15) is 0 Å². The van der Waals surface area contributed by atoms with Gasteiger partial charge >= 0.3 is 0 Å².